The van der Waals surface area contributed by atoms with Crippen LogP contribution in [0.3, 0.4) is 0 Å². The zero-order chi connectivity index (χ0) is 28.2. The van der Waals surface area contributed by atoms with Gasteiger partial charge in [0.15, 0.2) is 4.34 Å². The molecular formula is C30H24FN3O4S2. The predicted molar refractivity (Wildman–Crippen MR) is 154 cm³/mol. The van der Waals surface area contributed by atoms with E-state index in [1.807, 2.05) is 19.1 Å². The Hall–Kier alpha value is -4.28. The SMILES string of the molecule is C=CCOc1ccc(C2/C(=C(/O)c3ccc(C)cc3)C(=O)C(=O)N2c2nnc(SCc3ccc(F)cc3)s2)cc1. The van der Waals surface area contributed by atoms with Crippen LogP contribution in [-0.4, -0.2) is 33.6 Å². The van der Waals surface area contributed by atoms with E-state index in [1.54, 1.807) is 54.6 Å². The summed E-state index contributed by atoms with van der Waals surface area (Å²) in [6.45, 7) is 5.89. The van der Waals surface area contributed by atoms with E-state index < -0.39 is 17.7 Å². The van der Waals surface area contributed by atoms with Gasteiger partial charge in [-0.25, -0.2) is 4.39 Å². The molecular weight excluding hydrogens is 549 g/mol. The van der Waals surface area contributed by atoms with Crippen molar-refractivity contribution in [3.8, 4) is 5.75 Å². The summed E-state index contributed by atoms with van der Waals surface area (Å²) in [6, 6.07) is 19.2. The third-order valence-corrected chi connectivity index (χ3v) is 8.34. The van der Waals surface area contributed by atoms with Crippen LogP contribution in [0.4, 0.5) is 9.52 Å². The van der Waals surface area contributed by atoms with E-state index in [0.29, 0.717) is 33.6 Å². The highest BCUT2D eigenvalue weighted by atomic mass is 32.2. The Labute approximate surface area is 238 Å². The zero-order valence-corrected chi connectivity index (χ0v) is 23.0. The summed E-state index contributed by atoms with van der Waals surface area (Å²) in [6.07, 6.45) is 1.63. The normalized spacial score (nSPS) is 16.4. The van der Waals surface area contributed by atoms with Gasteiger partial charge in [0.05, 0.1) is 11.6 Å². The number of aliphatic hydroxyl groups is 1. The van der Waals surface area contributed by atoms with E-state index in [2.05, 4.69) is 16.8 Å². The number of rotatable bonds is 9. The average molecular weight is 574 g/mol. The van der Waals surface area contributed by atoms with Crippen LogP contribution < -0.4 is 9.64 Å². The first-order valence-corrected chi connectivity index (χ1v) is 14.1. The number of hydrogen-bond donors (Lipinski definition) is 1. The van der Waals surface area contributed by atoms with Gasteiger partial charge >= 0.3 is 5.91 Å². The first-order chi connectivity index (χ1) is 19.4. The number of aryl methyl sites for hydroxylation is 1. The van der Waals surface area contributed by atoms with Crippen molar-refractivity contribution in [2.24, 2.45) is 0 Å². The minimum Gasteiger partial charge on any atom is -0.507 e. The van der Waals surface area contributed by atoms with Crippen LogP contribution >= 0.6 is 23.1 Å². The number of benzene rings is 3. The monoisotopic (exact) mass is 573 g/mol. The van der Waals surface area contributed by atoms with Gasteiger partial charge in [0.1, 0.15) is 23.9 Å². The standard InChI is InChI=1S/C30H24FN3O4S2/c1-3-16-38-23-14-10-20(11-15-23)25-24(26(35)21-8-4-18(2)5-9-21)27(36)28(37)34(25)29-32-33-30(40-29)39-17-19-6-12-22(31)13-7-19/h3-15,25,35H,1,16-17H2,2H3/b26-24-. The molecule has 0 radical (unpaired) electrons. The Morgan fingerprint density at radius 3 is 2.45 bits per heavy atom. The van der Waals surface area contributed by atoms with E-state index in [9.17, 15) is 19.1 Å². The van der Waals surface area contributed by atoms with Crippen LogP contribution in [0.5, 0.6) is 5.75 Å². The topological polar surface area (TPSA) is 92.6 Å². The lowest BCUT2D eigenvalue weighted by Crippen LogP contribution is -2.29. The fourth-order valence-electron chi connectivity index (χ4n) is 4.20. The second kappa shape index (κ2) is 11.8. The van der Waals surface area contributed by atoms with E-state index in [-0.39, 0.29) is 22.3 Å². The van der Waals surface area contributed by atoms with Gasteiger partial charge in [0.2, 0.25) is 5.13 Å². The summed E-state index contributed by atoms with van der Waals surface area (Å²) in [5, 5.41) is 19.9. The fourth-order valence-corrected chi connectivity index (χ4v) is 6.02. The van der Waals surface area contributed by atoms with Gasteiger partial charge in [0, 0.05) is 11.3 Å². The zero-order valence-electron chi connectivity index (χ0n) is 21.4. The minimum absolute atomic E-state index is 0.0377. The minimum atomic E-state index is -0.933. The summed E-state index contributed by atoms with van der Waals surface area (Å²) in [7, 11) is 0. The molecule has 1 atom stereocenters. The first-order valence-electron chi connectivity index (χ1n) is 12.3. The molecule has 0 aliphatic carbocycles. The molecule has 0 bridgehead atoms. The number of ketones is 1. The molecule has 0 saturated carbocycles. The fraction of sp³-hybridized carbons (Fsp3) is 0.133. The summed E-state index contributed by atoms with van der Waals surface area (Å²) in [5.41, 5.74) is 2.87. The highest BCUT2D eigenvalue weighted by Crippen LogP contribution is 2.44. The molecule has 0 spiro atoms. The molecule has 202 valence electrons. The van der Waals surface area contributed by atoms with Gasteiger partial charge < -0.3 is 9.84 Å². The molecule has 40 heavy (non-hydrogen) atoms. The lowest BCUT2D eigenvalue weighted by molar-refractivity contribution is -0.132. The number of carbonyl (C=O) groups is 2. The number of hydrogen-bond acceptors (Lipinski definition) is 8. The maximum Gasteiger partial charge on any atom is 0.301 e. The van der Waals surface area contributed by atoms with Crippen molar-refractivity contribution in [2.75, 3.05) is 11.5 Å². The Balaban J connectivity index is 1.52. The Kier molecular flexibility index (Phi) is 8.09. The number of aromatic nitrogens is 2. The van der Waals surface area contributed by atoms with Gasteiger partial charge in [-0.3, -0.25) is 14.5 Å². The molecule has 2 heterocycles. The average Bonchev–Trinajstić information content (AvgIpc) is 3.54. The Bertz CT molecular complexity index is 1580. The van der Waals surface area contributed by atoms with Crippen molar-refractivity contribution >= 4 is 45.7 Å². The largest absolute Gasteiger partial charge is 0.507 e. The Morgan fingerprint density at radius 1 is 1.07 bits per heavy atom. The summed E-state index contributed by atoms with van der Waals surface area (Å²) in [5.74, 6) is -1.09. The van der Waals surface area contributed by atoms with Gasteiger partial charge in [-0.2, -0.15) is 0 Å². The maximum atomic E-state index is 13.4. The molecule has 1 aromatic heterocycles. The molecule has 3 aromatic carbocycles. The summed E-state index contributed by atoms with van der Waals surface area (Å²) in [4.78, 5) is 28.1. The lowest BCUT2D eigenvalue weighted by atomic mass is 9.95. The predicted octanol–water partition coefficient (Wildman–Crippen LogP) is 6.47. The highest BCUT2D eigenvalue weighted by Gasteiger charge is 2.48. The highest BCUT2D eigenvalue weighted by molar-refractivity contribution is 8.00. The van der Waals surface area contributed by atoms with Crippen LogP contribution in [-0.2, 0) is 15.3 Å². The molecule has 1 N–H and O–H groups in total. The molecule has 1 saturated heterocycles. The van der Waals surface area contributed by atoms with Gasteiger partial charge in [0.25, 0.3) is 5.78 Å². The van der Waals surface area contributed by atoms with Gasteiger partial charge in [-0.05, 0) is 42.3 Å². The Morgan fingerprint density at radius 2 is 1.77 bits per heavy atom. The third-order valence-electron chi connectivity index (χ3n) is 6.21. The number of carbonyl (C=O) groups excluding carboxylic acids is 2. The molecule has 1 unspecified atom stereocenters. The van der Waals surface area contributed by atoms with Crippen molar-refractivity contribution in [3.05, 3.63) is 119 Å². The second-order valence-electron chi connectivity index (χ2n) is 8.97. The first kappa shape index (κ1) is 27.3. The smallest absolute Gasteiger partial charge is 0.301 e. The number of thioether (sulfide) groups is 1. The third kappa shape index (κ3) is 5.68. The molecule has 1 aliphatic rings. The number of ether oxygens (including phenoxy) is 1. The van der Waals surface area contributed by atoms with Crippen molar-refractivity contribution < 1.29 is 23.8 Å². The quantitative estimate of drug-likeness (QED) is 0.0613. The van der Waals surface area contributed by atoms with E-state index in [0.717, 1.165) is 22.5 Å². The number of amides is 1. The van der Waals surface area contributed by atoms with Crippen molar-refractivity contribution in [3.63, 3.8) is 0 Å². The van der Waals surface area contributed by atoms with Crippen LogP contribution in [0.25, 0.3) is 5.76 Å². The van der Waals surface area contributed by atoms with Crippen LogP contribution in [0, 0.1) is 12.7 Å². The van der Waals surface area contributed by atoms with Crippen LogP contribution in [0.1, 0.15) is 28.3 Å². The van der Waals surface area contributed by atoms with Crippen molar-refractivity contribution in [1.29, 1.82) is 0 Å². The molecule has 10 heteroatoms. The van der Waals surface area contributed by atoms with E-state index in [4.69, 9.17) is 4.74 Å². The van der Waals surface area contributed by atoms with Crippen LogP contribution in [0.15, 0.2) is 95.4 Å². The number of halogens is 1. The second-order valence-corrected chi connectivity index (χ2v) is 11.1. The van der Waals surface area contributed by atoms with Crippen molar-refractivity contribution in [2.45, 2.75) is 23.1 Å². The molecule has 4 aromatic rings. The summed E-state index contributed by atoms with van der Waals surface area (Å²) < 4.78 is 19.4. The lowest BCUT2D eigenvalue weighted by Gasteiger charge is -2.22. The molecule has 5 rings (SSSR count). The number of aliphatic hydroxyl groups excluding tert-OH is 1. The van der Waals surface area contributed by atoms with Crippen molar-refractivity contribution in [1.82, 2.24) is 10.2 Å². The summed E-state index contributed by atoms with van der Waals surface area (Å²) >= 11 is 2.55. The van der Waals surface area contributed by atoms with E-state index in [1.165, 1.54) is 28.8 Å². The van der Waals surface area contributed by atoms with Gasteiger partial charge in [-0.15, -0.1) is 10.2 Å². The number of nitrogens with zero attached hydrogens (tertiary/aromatic N) is 3. The maximum absolute atomic E-state index is 13.4. The van der Waals surface area contributed by atoms with E-state index >= 15 is 0 Å². The van der Waals surface area contributed by atoms with Crippen LogP contribution in [0.2, 0.25) is 0 Å². The molecule has 7 nitrogen and oxygen atoms in total. The number of anilines is 1. The van der Waals surface area contributed by atoms with Gasteiger partial charge in [-0.1, -0.05) is 89.8 Å². The molecule has 1 fully saturated rings. The molecule has 1 amide bonds. The number of Topliss-reactive ketones (excluding diaryl/α,β-unsaturated/α-hetero) is 1. The molecule has 1 aliphatic heterocycles.